The van der Waals surface area contributed by atoms with Crippen molar-refractivity contribution in [2.24, 2.45) is 10.7 Å². The third-order valence-electron chi connectivity index (χ3n) is 9.73. The third-order valence-corrected chi connectivity index (χ3v) is 9.73. The van der Waals surface area contributed by atoms with E-state index in [-0.39, 0.29) is 11.7 Å². The van der Waals surface area contributed by atoms with Gasteiger partial charge < -0.3 is 10.2 Å². The van der Waals surface area contributed by atoms with Crippen LogP contribution in [0.2, 0.25) is 0 Å². The zero-order chi connectivity index (χ0) is 37.6. The standard InChI is InChI=1S/C44H31N3O.C7H8/c45-43(33-21-19-31(20-22-33)29-11-4-1-5-12-29)47-44(46)37-17-10-18-41-42(37)39-28-35(24-26-40(39)48-41)38-27-34(30-13-6-2-7-14-30)23-25-36(38)32-15-8-3-9-16-32;1-7-5-3-2-4-6-7/h1-28H,(H3,45,46,47);2-6H,1H3. The molecule has 0 spiro atoms. The van der Waals surface area contributed by atoms with Crippen LogP contribution in [0.3, 0.4) is 0 Å². The van der Waals surface area contributed by atoms with Crippen LogP contribution in [0, 0.1) is 12.3 Å². The molecular formula is C51H39N3O. The number of fused-ring (bicyclic) bond motifs is 3. The molecule has 264 valence electrons. The molecule has 9 rings (SSSR count). The fourth-order valence-electron chi connectivity index (χ4n) is 6.90. The number of aryl methyl sites for hydroxylation is 1. The maximum Gasteiger partial charge on any atom is 0.154 e. The summed E-state index contributed by atoms with van der Waals surface area (Å²) >= 11 is 0. The van der Waals surface area contributed by atoms with Crippen molar-refractivity contribution in [2.45, 2.75) is 6.92 Å². The van der Waals surface area contributed by atoms with E-state index in [1.165, 1.54) is 5.56 Å². The number of amidine groups is 2. The van der Waals surface area contributed by atoms with Crippen LogP contribution in [-0.4, -0.2) is 11.7 Å². The molecule has 3 N–H and O–H groups in total. The van der Waals surface area contributed by atoms with Crippen LogP contribution in [-0.2, 0) is 0 Å². The highest BCUT2D eigenvalue weighted by Gasteiger charge is 2.17. The summed E-state index contributed by atoms with van der Waals surface area (Å²) in [6, 6.07) is 68.0. The summed E-state index contributed by atoms with van der Waals surface area (Å²) in [5.74, 6) is 0.365. The quantitative estimate of drug-likeness (QED) is 0.133. The molecule has 0 aliphatic carbocycles. The van der Waals surface area contributed by atoms with Crippen LogP contribution < -0.4 is 5.73 Å². The molecule has 0 bridgehead atoms. The van der Waals surface area contributed by atoms with Crippen molar-refractivity contribution >= 4 is 33.6 Å². The van der Waals surface area contributed by atoms with E-state index in [1.54, 1.807) is 0 Å². The lowest BCUT2D eigenvalue weighted by molar-refractivity contribution is 0.669. The van der Waals surface area contributed by atoms with Gasteiger partial charge in [-0.25, -0.2) is 4.99 Å². The molecule has 0 amide bonds. The summed E-state index contributed by atoms with van der Waals surface area (Å²) in [4.78, 5) is 4.57. The van der Waals surface area contributed by atoms with Gasteiger partial charge in [0.1, 0.15) is 17.0 Å². The Morgan fingerprint density at radius 3 is 1.64 bits per heavy atom. The highest BCUT2D eigenvalue weighted by atomic mass is 16.3. The fourth-order valence-corrected chi connectivity index (χ4v) is 6.90. The SMILES string of the molecule is Cc1ccccc1.N=C(N=C(N)c1ccc(-c2ccccc2)cc1)c1cccc2oc3ccc(-c4cc(-c5ccccc5)ccc4-c4ccccc4)cc3c12. The van der Waals surface area contributed by atoms with Crippen molar-refractivity contribution in [2.75, 3.05) is 0 Å². The van der Waals surface area contributed by atoms with E-state index in [2.05, 4.69) is 115 Å². The smallest absolute Gasteiger partial charge is 0.154 e. The predicted octanol–water partition coefficient (Wildman–Crippen LogP) is 13.0. The number of hydrogen-bond donors (Lipinski definition) is 2. The van der Waals surface area contributed by atoms with Gasteiger partial charge in [0.05, 0.1) is 0 Å². The Labute approximate surface area is 321 Å². The molecule has 0 fully saturated rings. The number of furan rings is 1. The van der Waals surface area contributed by atoms with Crippen LogP contribution in [0.1, 0.15) is 16.7 Å². The first-order chi connectivity index (χ1) is 27.0. The summed E-state index contributed by atoms with van der Waals surface area (Å²) in [6.45, 7) is 2.08. The number of hydrogen-bond acceptors (Lipinski definition) is 2. The van der Waals surface area contributed by atoms with Crippen LogP contribution in [0.4, 0.5) is 0 Å². The van der Waals surface area contributed by atoms with Gasteiger partial charge in [-0.2, -0.15) is 0 Å². The van der Waals surface area contributed by atoms with Gasteiger partial charge in [-0.3, -0.25) is 5.41 Å². The highest BCUT2D eigenvalue weighted by Crippen LogP contribution is 2.39. The number of nitrogens with two attached hydrogens (primary N) is 1. The van der Waals surface area contributed by atoms with Gasteiger partial charge in [0.25, 0.3) is 0 Å². The molecule has 8 aromatic carbocycles. The van der Waals surface area contributed by atoms with Gasteiger partial charge in [-0.15, -0.1) is 0 Å². The Morgan fingerprint density at radius 1 is 0.473 bits per heavy atom. The molecule has 0 aliphatic heterocycles. The van der Waals surface area contributed by atoms with Gasteiger partial charge >= 0.3 is 0 Å². The van der Waals surface area contributed by atoms with E-state index in [0.717, 1.165) is 66.4 Å². The van der Waals surface area contributed by atoms with E-state index in [0.29, 0.717) is 11.1 Å². The lowest BCUT2D eigenvalue weighted by Crippen LogP contribution is -2.16. The molecule has 1 heterocycles. The van der Waals surface area contributed by atoms with Crippen molar-refractivity contribution in [3.8, 4) is 44.5 Å². The van der Waals surface area contributed by atoms with E-state index in [9.17, 15) is 0 Å². The Kier molecular flexibility index (Phi) is 9.95. The summed E-state index contributed by atoms with van der Waals surface area (Å²) in [5, 5.41) is 10.8. The maximum absolute atomic E-state index is 9.06. The van der Waals surface area contributed by atoms with Gasteiger partial charge in [0.2, 0.25) is 0 Å². The molecule has 0 unspecified atom stereocenters. The zero-order valence-corrected chi connectivity index (χ0v) is 30.5. The number of benzene rings is 8. The fraction of sp³-hybridized carbons (Fsp3) is 0.0196. The first kappa shape index (κ1) is 34.8. The molecule has 0 radical (unpaired) electrons. The van der Waals surface area contributed by atoms with Crippen molar-refractivity contribution in [3.63, 3.8) is 0 Å². The van der Waals surface area contributed by atoms with E-state index < -0.39 is 0 Å². The van der Waals surface area contributed by atoms with Gasteiger partial charge in [-0.1, -0.05) is 181 Å². The molecule has 0 atom stereocenters. The third kappa shape index (κ3) is 7.61. The Morgan fingerprint density at radius 2 is 1.02 bits per heavy atom. The Bertz CT molecular complexity index is 2750. The minimum absolute atomic E-state index is 0.0781. The van der Waals surface area contributed by atoms with Gasteiger partial charge in [0, 0.05) is 21.9 Å². The predicted molar refractivity (Wildman–Crippen MR) is 231 cm³/mol. The van der Waals surface area contributed by atoms with Crippen molar-refractivity contribution < 1.29 is 4.42 Å². The molecule has 0 saturated carbocycles. The van der Waals surface area contributed by atoms with Gasteiger partial charge in [-0.05, 0) is 75.7 Å². The summed E-state index contributed by atoms with van der Waals surface area (Å²) in [7, 11) is 0. The van der Waals surface area contributed by atoms with E-state index in [4.69, 9.17) is 15.6 Å². The molecule has 55 heavy (non-hydrogen) atoms. The Hall–Kier alpha value is -7.30. The minimum Gasteiger partial charge on any atom is -0.456 e. The summed E-state index contributed by atoms with van der Waals surface area (Å²) in [5.41, 5.74) is 19.7. The van der Waals surface area contributed by atoms with E-state index in [1.807, 2.05) is 97.1 Å². The van der Waals surface area contributed by atoms with Crippen molar-refractivity contribution in [1.82, 2.24) is 0 Å². The van der Waals surface area contributed by atoms with Crippen LogP contribution >= 0.6 is 0 Å². The van der Waals surface area contributed by atoms with Crippen LogP contribution in [0.25, 0.3) is 66.4 Å². The summed E-state index contributed by atoms with van der Waals surface area (Å²) < 4.78 is 6.31. The average molecular weight is 710 g/mol. The number of nitrogens with one attached hydrogen (secondary N) is 1. The first-order valence-electron chi connectivity index (χ1n) is 18.3. The lowest BCUT2D eigenvalue weighted by atomic mass is 9.90. The van der Waals surface area contributed by atoms with Crippen LogP contribution in [0.15, 0.2) is 210 Å². The number of rotatable bonds is 6. The second kappa shape index (κ2) is 15.7. The number of nitrogens with zero attached hydrogens (tertiary/aromatic N) is 1. The minimum atomic E-state index is 0.0781. The second-order valence-corrected chi connectivity index (χ2v) is 13.4. The Balaban J connectivity index is 0.000000551. The largest absolute Gasteiger partial charge is 0.456 e. The average Bonchev–Trinajstić information content (AvgIpc) is 3.63. The molecule has 1 aromatic heterocycles. The highest BCUT2D eigenvalue weighted by molar-refractivity contribution is 6.20. The van der Waals surface area contributed by atoms with E-state index >= 15 is 0 Å². The molecule has 0 saturated heterocycles. The maximum atomic E-state index is 9.06. The molecule has 4 nitrogen and oxygen atoms in total. The first-order valence-corrected chi connectivity index (χ1v) is 18.3. The normalized spacial score (nSPS) is 11.3. The molecule has 9 aromatic rings. The van der Waals surface area contributed by atoms with Gasteiger partial charge in [0.15, 0.2) is 5.84 Å². The lowest BCUT2D eigenvalue weighted by Gasteiger charge is -2.13. The zero-order valence-electron chi connectivity index (χ0n) is 30.5. The summed E-state index contributed by atoms with van der Waals surface area (Å²) in [6.07, 6.45) is 0. The molecular weight excluding hydrogens is 671 g/mol. The second-order valence-electron chi connectivity index (χ2n) is 13.4. The van der Waals surface area contributed by atoms with Crippen molar-refractivity contribution in [3.05, 3.63) is 217 Å². The monoisotopic (exact) mass is 709 g/mol. The molecule has 4 heteroatoms. The van der Waals surface area contributed by atoms with Crippen molar-refractivity contribution in [1.29, 1.82) is 5.41 Å². The number of aliphatic imine (C=N–C) groups is 1. The van der Waals surface area contributed by atoms with Crippen LogP contribution in [0.5, 0.6) is 0 Å². The molecule has 0 aliphatic rings. The topological polar surface area (TPSA) is 75.4 Å².